The van der Waals surface area contributed by atoms with Gasteiger partial charge in [-0.05, 0) is 38.3 Å². The molecule has 1 aromatic carbocycles. The largest absolute Gasteiger partial charge is 0.311 e. The Labute approximate surface area is 144 Å². The van der Waals surface area contributed by atoms with E-state index in [-0.39, 0.29) is 11.9 Å². The molecule has 24 heavy (non-hydrogen) atoms. The third kappa shape index (κ3) is 5.29. The van der Waals surface area contributed by atoms with E-state index in [0.29, 0.717) is 13.1 Å². The molecule has 6 nitrogen and oxygen atoms in total. The number of aryl methyl sites for hydroxylation is 1. The third-order valence-electron chi connectivity index (χ3n) is 4.35. The van der Waals surface area contributed by atoms with Crippen LogP contribution in [0.2, 0.25) is 0 Å². The number of nitrogens with one attached hydrogen (secondary N) is 1. The van der Waals surface area contributed by atoms with E-state index in [1.165, 1.54) is 6.26 Å². The highest BCUT2D eigenvalue weighted by atomic mass is 32.2. The van der Waals surface area contributed by atoms with Gasteiger partial charge in [-0.25, -0.2) is 13.1 Å². The lowest BCUT2D eigenvalue weighted by Crippen LogP contribution is -2.48. The number of likely N-dealkylation sites (tertiary alicyclic amines) is 1. The van der Waals surface area contributed by atoms with Gasteiger partial charge in [0.2, 0.25) is 15.9 Å². The van der Waals surface area contributed by atoms with Crippen molar-refractivity contribution in [1.29, 1.82) is 0 Å². The van der Waals surface area contributed by atoms with Gasteiger partial charge in [0.1, 0.15) is 0 Å². The van der Waals surface area contributed by atoms with Gasteiger partial charge in [0.25, 0.3) is 0 Å². The second kappa shape index (κ2) is 8.09. The van der Waals surface area contributed by atoms with Crippen molar-refractivity contribution >= 4 is 21.6 Å². The molecule has 0 atom stereocenters. The molecule has 1 fully saturated rings. The first-order chi connectivity index (χ1) is 11.3. The number of anilines is 1. The van der Waals surface area contributed by atoms with Crippen molar-refractivity contribution in [3.63, 3.8) is 0 Å². The Morgan fingerprint density at radius 2 is 1.92 bits per heavy atom. The highest BCUT2D eigenvalue weighted by Gasteiger charge is 2.24. The standard InChI is InChI=1S/C17H27N3O3S/c1-4-20(16-8-6-5-7-14(16)2)17(21)13-19-11-9-15(10-12-19)18-24(3,22)23/h5-8,15,18H,4,9-13H2,1-3H3. The lowest BCUT2D eigenvalue weighted by Gasteiger charge is -2.33. The highest BCUT2D eigenvalue weighted by molar-refractivity contribution is 7.88. The Kier molecular flexibility index (Phi) is 6.37. The van der Waals surface area contributed by atoms with Crippen LogP contribution in [0.25, 0.3) is 0 Å². The lowest BCUT2D eigenvalue weighted by molar-refractivity contribution is -0.120. The molecule has 1 heterocycles. The van der Waals surface area contributed by atoms with Crippen molar-refractivity contribution in [2.45, 2.75) is 32.7 Å². The minimum Gasteiger partial charge on any atom is -0.311 e. The van der Waals surface area contributed by atoms with Crippen LogP contribution in [-0.4, -0.2) is 57.7 Å². The van der Waals surface area contributed by atoms with E-state index in [1.54, 1.807) is 0 Å². The summed E-state index contributed by atoms with van der Waals surface area (Å²) >= 11 is 0. The van der Waals surface area contributed by atoms with E-state index >= 15 is 0 Å². The molecule has 0 spiro atoms. The Morgan fingerprint density at radius 1 is 1.29 bits per heavy atom. The molecule has 0 unspecified atom stereocenters. The van der Waals surface area contributed by atoms with Crippen LogP contribution in [0.1, 0.15) is 25.3 Å². The fourth-order valence-electron chi connectivity index (χ4n) is 3.14. The van der Waals surface area contributed by atoms with E-state index in [1.807, 2.05) is 43.0 Å². The fraction of sp³-hybridized carbons (Fsp3) is 0.588. The molecule has 0 saturated carbocycles. The van der Waals surface area contributed by atoms with Gasteiger partial charge < -0.3 is 4.90 Å². The molecular weight excluding hydrogens is 326 g/mol. The molecule has 0 aliphatic carbocycles. The normalized spacial score (nSPS) is 17.0. The SMILES string of the molecule is CCN(C(=O)CN1CCC(NS(C)(=O)=O)CC1)c1ccccc1C. The van der Waals surface area contributed by atoms with Gasteiger partial charge in [0.05, 0.1) is 12.8 Å². The predicted octanol–water partition coefficient (Wildman–Crippen LogP) is 1.36. The summed E-state index contributed by atoms with van der Waals surface area (Å²) in [5.74, 6) is 0.0846. The van der Waals surface area contributed by atoms with Crippen molar-refractivity contribution in [3.8, 4) is 0 Å². The zero-order valence-corrected chi connectivity index (χ0v) is 15.5. The molecule has 2 rings (SSSR count). The van der Waals surface area contributed by atoms with Crippen molar-refractivity contribution < 1.29 is 13.2 Å². The maximum Gasteiger partial charge on any atom is 0.241 e. The number of benzene rings is 1. The Morgan fingerprint density at radius 3 is 2.46 bits per heavy atom. The van der Waals surface area contributed by atoms with Crippen LogP contribution < -0.4 is 9.62 Å². The monoisotopic (exact) mass is 353 g/mol. The first-order valence-electron chi connectivity index (χ1n) is 8.36. The highest BCUT2D eigenvalue weighted by Crippen LogP contribution is 2.20. The molecule has 0 radical (unpaired) electrons. The molecule has 134 valence electrons. The van der Waals surface area contributed by atoms with Crippen molar-refractivity contribution in [1.82, 2.24) is 9.62 Å². The average molecular weight is 353 g/mol. The second-order valence-electron chi connectivity index (χ2n) is 6.36. The number of rotatable bonds is 6. The molecule has 1 N–H and O–H groups in total. The average Bonchev–Trinajstić information content (AvgIpc) is 2.50. The summed E-state index contributed by atoms with van der Waals surface area (Å²) in [4.78, 5) is 16.6. The van der Waals surface area contributed by atoms with E-state index in [9.17, 15) is 13.2 Å². The van der Waals surface area contributed by atoms with Gasteiger partial charge in [-0.1, -0.05) is 18.2 Å². The maximum absolute atomic E-state index is 12.7. The number of sulfonamides is 1. The van der Waals surface area contributed by atoms with E-state index in [0.717, 1.165) is 37.2 Å². The first kappa shape index (κ1) is 18.9. The molecule has 0 aromatic heterocycles. The van der Waals surface area contributed by atoms with Crippen LogP contribution in [0.5, 0.6) is 0 Å². The van der Waals surface area contributed by atoms with Crippen molar-refractivity contribution in [3.05, 3.63) is 29.8 Å². The third-order valence-corrected chi connectivity index (χ3v) is 5.11. The number of piperidine rings is 1. The summed E-state index contributed by atoms with van der Waals surface area (Å²) in [6.07, 6.45) is 2.65. The van der Waals surface area contributed by atoms with Crippen molar-refractivity contribution in [2.75, 3.05) is 37.3 Å². The van der Waals surface area contributed by atoms with Crippen LogP contribution in [0.15, 0.2) is 24.3 Å². The quantitative estimate of drug-likeness (QED) is 0.838. The number of nitrogens with zero attached hydrogens (tertiary/aromatic N) is 2. The summed E-state index contributed by atoms with van der Waals surface area (Å²) in [5, 5.41) is 0. The van der Waals surface area contributed by atoms with Crippen LogP contribution in [0.3, 0.4) is 0 Å². The smallest absolute Gasteiger partial charge is 0.241 e. The minimum absolute atomic E-state index is 0.0231. The summed E-state index contributed by atoms with van der Waals surface area (Å²) in [7, 11) is -3.17. The molecule has 7 heteroatoms. The van der Waals surface area contributed by atoms with Gasteiger partial charge in [-0.3, -0.25) is 9.69 Å². The molecule has 0 bridgehead atoms. The van der Waals surface area contributed by atoms with Gasteiger partial charge >= 0.3 is 0 Å². The molecule has 1 saturated heterocycles. The van der Waals surface area contributed by atoms with Crippen molar-refractivity contribution in [2.24, 2.45) is 0 Å². The summed E-state index contributed by atoms with van der Waals surface area (Å²) in [6, 6.07) is 7.87. The number of carbonyl (C=O) groups is 1. The molecular formula is C17H27N3O3S. The molecule has 1 aliphatic rings. The zero-order valence-electron chi connectivity index (χ0n) is 14.7. The Hall–Kier alpha value is -1.44. The van der Waals surface area contributed by atoms with Gasteiger partial charge in [0.15, 0.2) is 0 Å². The summed E-state index contributed by atoms with van der Waals surface area (Å²) in [6.45, 7) is 6.44. The summed E-state index contributed by atoms with van der Waals surface area (Å²) in [5.41, 5.74) is 2.04. The second-order valence-corrected chi connectivity index (χ2v) is 8.14. The van der Waals surface area contributed by atoms with Crippen LogP contribution in [0.4, 0.5) is 5.69 Å². The zero-order chi connectivity index (χ0) is 17.7. The fourth-order valence-corrected chi connectivity index (χ4v) is 3.98. The Balaban J connectivity index is 1.92. The number of likely N-dealkylation sites (N-methyl/N-ethyl adjacent to an activating group) is 1. The number of amides is 1. The number of para-hydroxylation sites is 1. The van der Waals surface area contributed by atoms with Crippen LogP contribution in [-0.2, 0) is 14.8 Å². The van der Waals surface area contributed by atoms with Gasteiger partial charge in [0, 0.05) is 31.4 Å². The Bertz CT molecular complexity index is 667. The minimum atomic E-state index is -3.17. The topological polar surface area (TPSA) is 69.7 Å². The molecule has 1 aliphatic heterocycles. The van der Waals surface area contributed by atoms with E-state index in [4.69, 9.17) is 0 Å². The number of carbonyl (C=O) groups excluding carboxylic acids is 1. The van der Waals surface area contributed by atoms with Crippen LogP contribution >= 0.6 is 0 Å². The molecule has 1 amide bonds. The van der Waals surface area contributed by atoms with Crippen LogP contribution in [0, 0.1) is 6.92 Å². The maximum atomic E-state index is 12.7. The molecule has 1 aromatic rings. The summed E-state index contributed by atoms with van der Waals surface area (Å²) < 4.78 is 25.2. The van der Waals surface area contributed by atoms with Gasteiger partial charge in [-0.2, -0.15) is 0 Å². The van der Waals surface area contributed by atoms with E-state index < -0.39 is 10.0 Å². The van der Waals surface area contributed by atoms with E-state index in [2.05, 4.69) is 9.62 Å². The number of hydrogen-bond acceptors (Lipinski definition) is 4. The van der Waals surface area contributed by atoms with Gasteiger partial charge in [-0.15, -0.1) is 0 Å². The lowest BCUT2D eigenvalue weighted by atomic mass is 10.1. The first-order valence-corrected chi connectivity index (χ1v) is 10.2. The number of hydrogen-bond donors (Lipinski definition) is 1. The predicted molar refractivity (Wildman–Crippen MR) is 96.6 cm³/mol.